The van der Waals surface area contributed by atoms with Crippen LogP contribution in [0.1, 0.15) is 20.8 Å². The van der Waals surface area contributed by atoms with Gasteiger partial charge in [0.2, 0.25) is 0 Å². The van der Waals surface area contributed by atoms with Gasteiger partial charge in [0.15, 0.2) is 0 Å². The van der Waals surface area contributed by atoms with Crippen LogP contribution in [-0.2, 0) is 4.74 Å². The highest BCUT2D eigenvalue weighted by Crippen LogP contribution is 2.22. The first kappa shape index (κ1) is 12.2. The van der Waals surface area contributed by atoms with E-state index in [-0.39, 0.29) is 5.92 Å². The standard InChI is InChI=1S/C10H18FNO3/c1-10(2,3)15-9(14)12-5-7(6-12)8(13)4-11/h7-8,13H,4-6H2,1-3H3. The van der Waals surface area contributed by atoms with Crippen LogP contribution in [0.5, 0.6) is 0 Å². The first-order valence-corrected chi connectivity index (χ1v) is 5.05. The SMILES string of the molecule is CC(C)(C)OC(=O)N1CC(C(O)CF)C1. The van der Waals surface area contributed by atoms with Gasteiger partial charge in [-0.05, 0) is 20.8 Å². The van der Waals surface area contributed by atoms with Gasteiger partial charge >= 0.3 is 6.09 Å². The number of hydrogen-bond acceptors (Lipinski definition) is 3. The Kier molecular flexibility index (Phi) is 3.54. The van der Waals surface area contributed by atoms with E-state index in [9.17, 15) is 9.18 Å². The Hall–Kier alpha value is -0.840. The molecule has 0 aromatic heterocycles. The molecule has 5 heteroatoms. The number of carbonyl (C=O) groups excluding carboxylic acids is 1. The highest BCUT2D eigenvalue weighted by Gasteiger charge is 2.37. The van der Waals surface area contributed by atoms with Crippen molar-refractivity contribution in [2.75, 3.05) is 19.8 Å². The lowest BCUT2D eigenvalue weighted by atomic mass is 9.95. The fraction of sp³-hybridized carbons (Fsp3) is 0.900. The number of rotatable bonds is 2. The van der Waals surface area contributed by atoms with Crippen LogP contribution in [0.3, 0.4) is 0 Å². The number of hydrogen-bond donors (Lipinski definition) is 1. The lowest BCUT2D eigenvalue weighted by molar-refractivity contribution is -0.0358. The van der Waals surface area contributed by atoms with Crippen LogP contribution in [0.4, 0.5) is 9.18 Å². The minimum atomic E-state index is -0.955. The molecule has 0 aromatic rings. The maximum Gasteiger partial charge on any atom is 0.410 e. The summed E-state index contributed by atoms with van der Waals surface area (Å²) in [4.78, 5) is 12.9. The maximum absolute atomic E-state index is 12.1. The Morgan fingerprint density at radius 1 is 1.60 bits per heavy atom. The van der Waals surface area contributed by atoms with Crippen LogP contribution in [0.25, 0.3) is 0 Å². The Morgan fingerprint density at radius 3 is 2.53 bits per heavy atom. The van der Waals surface area contributed by atoms with Gasteiger partial charge in [0.05, 0.1) is 6.10 Å². The number of alkyl halides is 1. The Labute approximate surface area is 89.0 Å². The van der Waals surface area contributed by atoms with Crippen LogP contribution in [0.15, 0.2) is 0 Å². The molecule has 0 aliphatic carbocycles. The Morgan fingerprint density at radius 2 is 2.13 bits per heavy atom. The monoisotopic (exact) mass is 219 g/mol. The van der Waals surface area contributed by atoms with Gasteiger partial charge in [0.1, 0.15) is 12.3 Å². The molecular formula is C10H18FNO3. The van der Waals surface area contributed by atoms with Crippen LogP contribution in [0, 0.1) is 5.92 Å². The van der Waals surface area contributed by atoms with Crippen molar-refractivity contribution in [1.82, 2.24) is 4.90 Å². The molecule has 0 radical (unpaired) electrons. The van der Waals surface area contributed by atoms with Crippen molar-refractivity contribution in [1.29, 1.82) is 0 Å². The minimum absolute atomic E-state index is 0.150. The number of nitrogens with zero attached hydrogens (tertiary/aromatic N) is 1. The van der Waals surface area contributed by atoms with E-state index in [0.29, 0.717) is 13.1 Å². The quantitative estimate of drug-likeness (QED) is 0.758. The van der Waals surface area contributed by atoms with Crippen molar-refractivity contribution >= 4 is 6.09 Å². The molecule has 0 saturated carbocycles. The first-order chi connectivity index (χ1) is 6.83. The smallest absolute Gasteiger partial charge is 0.410 e. The predicted octanol–water partition coefficient (Wildman–Crippen LogP) is 1.18. The summed E-state index contributed by atoms with van der Waals surface area (Å²) in [6.07, 6.45) is -1.35. The van der Waals surface area contributed by atoms with E-state index in [0.717, 1.165) is 0 Å². The molecule has 1 fully saturated rings. The molecule has 1 atom stereocenters. The van der Waals surface area contributed by atoms with Crippen molar-refractivity contribution in [3.8, 4) is 0 Å². The second kappa shape index (κ2) is 4.35. The third kappa shape index (κ3) is 3.34. The zero-order valence-corrected chi connectivity index (χ0v) is 9.36. The van der Waals surface area contributed by atoms with Gasteiger partial charge in [-0.15, -0.1) is 0 Å². The van der Waals surface area contributed by atoms with E-state index in [1.165, 1.54) is 4.90 Å². The summed E-state index contributed by atoms with van der Waals surface area (Å²) in [5.41, 5.74) is -0.513. The number of carbonyl (C=O) groups is 1. The highest BCUT2D eigenvalue weighted by molar-refractivity contribution is 5.69. The fourth-order valence-electron chi connectivity index (χ4n) is 1.36. The van der Waals surface area contributed by atoms with Gasteiger partial charge in [-0.3, -0.25) is 0 Å². The van der Waals surface area contributed by atoms with E-state index in [4.69, 9.17) is 9.84 Å². The topological polar surface area (TPSA) is 49.8 Å². The molecule has 0 bridgehead atoms. The highest BCUT2D eigenvalue weighted by atomic mass is 19.1. The summed E-state index contributed by atoms with van der Waals surface area (Å²) in [7, 11) is 0. The third-order valence-electron chi connectivity index (χ3n) is 2.26. The van der Waals surface area contributed by atoms with Gasteiger partial charge in [-0.1, -0.05) is 0 Å². The molecule has 1 unspecified atom stereocenters. The fourth-order valence-corrected chi connectivity index (χ4v) is 1.36. The van der Waals surface area contributed by atoms with Crippen molar-refractivity contribution < 1.29 is 19.0 Å². The number of ether oxygens (including phenoxy) is 1. The van der Waals surface area contributed by atoms with E-state index in [2.05, 4.69) is 0 Å². The molecule has 1 saturated heterocycles. The van der Waals surface area contributed by atoms with E-state index in [1.807, 2.05) is 0 Å². The molecular weight excluding hydrogens is 201 g/mol. The lowest BCUT2D eigenvalue weighted by Gasteiger charge is -2.41. The number of aliphatic hydroxyl groups is 1. The maximum atomic E-state index is 12.1. The molecule has 1 heterocycles. The van der Waals surface area contributed by atoms with Gasteiger partial charge in [-0.25, -0.2) is 9.18 Å². The van der Waals surface area contributed by atoms with Gasteiger partial charge < -0.3 is 14.7 Å². The van der Waals surface area contributed by atoms with E-state index < -0.39 is 24.5 Å². The van der Waals surface area contributed by atoms with Crippen molar-refractivity contribution in [2.45, 2.75) is 32.5 Å². The van der Waals surface area contributed by atoms with Crippen LogP contribution >= 0.6 is 0 Å². The average Bonchev–Trinajstić information content (AvgIpc) is 1.97. The molecule has 1 aliphatic heterocycles. The summed E-state index contributed by atoms with van der Waals surface area (Å²) >= 11 is 0. The summed E-state index contributed by atoms with van der Waals surface area (Å²) < 4.78 is 17.2. The average molecular weight is 219 g/mol. The lowest BCUT2D eigenvalue weighted by Crippen LogP contribution is -2.55. The summed E-state index contributed by atoms with van der Waals surface area (Å²) in [6, 6.07) is 0. The molecule has 0 spiro atoms. The van der Waals surface area contributed by atoms with Gasteiger partial charge in [0.25, 0.3) is 0 Å². The van der Waals surface area contributed by atoms with Crippen LogP contribution in [0.2, 0.25) is 0 Å². The van der Waals surface area contributed by atoms with Gasteiger partial charge in [0, 0.05) is 19.0 Å². The summed E-state index contributed by atoms with van der Waals surface area (Å²) in [5, 5.41) is 9.16. The third-order valence-corrected chi connectivity index (χ3v) is 2.26. The van der Waals surface area contributed by atoms with E-state index >= 15 is 0 Å². The zero-order valence-electron chi connectivity index (χ0n) is 9.36. The largest absolute Gasteiger partial charge is 0.444 e. The second-order valence-corrected chi connectivity index (χ2v) is 4.87. The van der Waals surface area contributed by atoms with Crippen molar-refractivity contribution in [2.24, 2.45) is 5.92 Å². The molecule has 1 N–H and O–H groups in total. The number of amides is 1. The number of likely N-dealkylation sites (tertiary alicyclic amines) is 1. The zero-order chi connectivity index (χ0) is 11.6. The first-order valence-electron chi connectivity index (χ1n) is 5.05. The van der Waals surface area contributed by atoms with Crippen LogP contribution in [-0.4, -0.2) is 47.6 Å². The number of aliphatic hydroxyl groups excluding tert-OH is 1. The molecule has 88 valence electrons. The molecule has 1 rings (SSSR count). The summed E-state index contributed by atoms with van der Waals surface area (Å²) in [6.45, 7) is 5.36. The normalized spacial score (nSPS) is 19.7. The second-order valence-electron chi connectivity index (χ2n) is 4.87. The predicted molar refractivity (Wildman–Crippen MR) is 53.3 cm³/mol. The molecule has 15 heavy (non-hydrogen) atoms. The van der Waals surface area contributed by atoms with Gasteiger partial charge in [-0.2, -0.15) is 0 Å². The molecule has 1 amide bonds. The molecule has 0 aromatic carbocycles. The molecule has 4 nitrogen and oxygen atoms in total. The summed E-state index contributed by atoms with van der Waals surface area (Å²) in [5.74, 6) is -0.150. The Bertz CT molecular complexity index is 233. The van der Waals surface area contributed by atoms with E-state index in [1.54, 1.807) is 20.8 Å². The Balaban J connectivity index is 2.30. The minimum Gasteiger partial charge on any atom is -0.444 e. The van der Waals surface area contributed by atoms with Crippen molar-refractivity contribution in [3.05, 3.63) is 0 Å². The molecule has 1 aliphatic rings. The van der Waals surface area contributed by atoms with Crippen molar-refractivity contribution in [3.63, 3.8) is 0 Å². The van der Waals surface area contributed by atoms with Crippen LogP contribution < -0.4 is 0 Å². The number of halogens is 1.